The Morgan fingerprint density at radius 1 is 1.39 bits per heavy atom. The molecule has 96 valence electrons. The van der Waals surface area contributed by atoms with Gasteiger partial charge in [0.05, 0.1) is 6.61 Å². The van der Waals surface area contributed by atoms with Gasteiger partial charge < -0.3 is 19.6 Å². The molecule has 5 heteroatoms. The summed E-state index contributed by atoms with van der Waals surface area (Å²) in [6.07, 6.45) is 0.0174. The molecule has 1 aromatic heterocycles. The van der Waals surface area contributed by atoms with Gasteiger partial charge in [-0.15, -0.1) is 0 Å². The number of carbonyl (C=O) groups is 1. The van der Waals surface area contributed by atoms with Gasteiger partial charge in [0.25, 0.3) is 5.95 Å². The van der Waals surface area contributed by atoms with Gasteiger partial charge in [0, 0.05) is 11.5 Å². The number of furan rings is 1. The molecule has 0 aliphatic carbocycles. The number of ether oxygens (including phenoxy) is 2. The third kappa shape index (κ3) is 2.81. The average molecular weight is 249 g/mol. The maximum atomic E-state index is 11.1. The van der Waals surface area contributed by atoms with Gasteiger partial charge in [0.2, 0.25) is 0 Å². The molecule has 2 aromatic rings. The predicted molar refractivity (Wildman–Crippen MR) is 66.6 cm³/mol. The van der Waals surface area contributed by atoms with E-state index in [9.17, 15) is 4.79 Å². The maximum absolute atomic E-state index is 11.1. The van der Waals surface area contributed by atoms with Gasteiger partial charge in [-0.1, -0.05) is 12.1 Å². The topological polar surface area (TPSA) is 74.7 Å². The molecule has 0 aliphatic rings. The third-order valence-electron chi connectivity index (χ3n) is 2.44. The zero-order chi connectivity index (χ0) is 13.0. The van der Waals surface area contributed by atoms with E-state index < -0.39 is 6.16 Å². The standard InChI is InChI=1S/C13H15NO4/c1-2-16-13(15)18-12-8-10-4-3-9(5-6-14)7-11(10)17-12/h3-4,7-8H,2,5-6,14H2,1H3. The van der Waals surface area contributed by atoms with E-state index in [-0.39, 0.29) is 12.6 Å². The molecule has 0 saturated heterocycles. The predicted octanol–water partition coefficient (Wildman–Crippen LogP) is 2.47. The molecule has 0 bridgehead atoms. The molecular weight excluding hydrogens is 234 g/mol. The summed E-state index contributed by atoms with van der Waals surface area (Å²) in [4.78, 5) is 11.1. The lowest BCUT2D eigenvalue weighted by atomic mass is 10.1. The van der Waals surface area contributed by atoms with Crippen molar-refractivity contribution in [3.05, 3.63) is 29.8 Å². The first-order valence-electron chi connectivity index (χ1n) is 5.80. The van der Waals surface area contributed by atoms with Gasteiger partial charge in [-0.2, -0.15) is 0 Å². The SMILES string of the molecule is CCOC(=O)Oc1cc2ccc(CCN)cc2o1. The van der Waals surface area contributed by atoms with Crippen molar-refractivity contribution < 1.29 is 18.7 Å². The first-order chi connectivity index (χ1) is 8.72. The fourth-order valence-corrected chi connectivity index (χ4v) is 1.65. The molecule has 0 saturated carbocycles. The molecule has 18 heavy (non-hydrogen) atoms. The summed E-state index contributed by atoms with van der Waals surface area (Å²) in [7, 11) is 0. The van der Waals surface area contributed by atoms with E-state index in [0.717, 1.165) is 17.4 Å². The zero-order valence-electron chi connectivity index (χ0n) is 10.1. The van der Waals surface area contributed by atoms with E-state index in [4.69, 9.17) is 14.9 Å². The first-order valence-corrected chi connectivity index (χ1v) is 5.80. The van der Waals surface area contributed by atoms with Crippen molar-refractivity contribution in [1.29, 1.82) is 0 Å². The lowest BCUT2D eigenvalue weighted by Gasteiger charge is -1.99. The van der Waals surface area contributed by atoms with Crippen LogP contribution in [0, 0.1) is 0 Å². The van der Waals surface area contributed by atoms with Crippen LogP contribution in [0.2, 0.25) is 0 Å². The molecule has 0 fully saturated rings. The van der Waals surface area contributed by atoms with Gasteiger partial charge in [-0.3, -0.25) is 0 Å². The molecule has 1 heterocycles. The van der Waals surface area contributed by atoms with Gasteiger partial charge in [-0.25, -0.2) is 4.79 Å². The van der Waals surface area contributed by atoms with Gasteiger partial charge in [0.15, 0.2) is 0 Å². The molecule has 2 N–H and O–H groups in total. The minimum Gasteiger partial charge on any atom is -0.434 e. The Morgan fingerprint density at radius 2 is 2.22 bits per heavy atom. The summed E-state index contributed by atoms with van der Waals surface area (Å²) >= 11 is 0. The maximum Gasteiger partial charge on any atom is 0.516 e. The zero-order valence-corrected chi connectivity index (χ0v) is 10.1. The van der Waals surface area contributed by atoms with Gasteiger partial charge in [0.1, 0.15) is 5.58 Å². The van der Waals surface area contributed by atoms with E-state index in [1.54, 1.807) is 13.0 Å². The quantitative estimate of drug-likeness (QED) is 0.842. The Balaban J connectivity index is 2.19. The van der Waals surface area contributed by atoms with Crippen LogP contribution in [0.4, 0.5) is 4.79 Å². The highest BCUT2D eigenvalue weighted by Gasteiger charge is 2.10. The van der Waals surface area contributed by atoms with Crippen molar-refractivity contribution in [1.82, 2.24) is 0 Å². The lowest BCUT2D eigenvalue weighted by Crippen LogP contribution is -2.09. The van der Waals surface area contributed by atoms with Crippen molar-refractivity contribution in [2.24, 2.45) is 5.73 Å². The fourth-order valence-electron chi connectivity index (χ4n) is 1.65. The number of hydrogen-bond acceptors (Lipinski definition) is 5. The number of rotatable bonds is 4. The molecule has 2 rings (SSSR count). The Morgan fingerprint density at radius 3 is 2.94 bits per heavy atom. The molecule has 0 aliphatic heterocycles. The van der Waals surface area contributed by atoms with Crippen molar-refractivity contribution >= 4 is 17.1 Å². The van der Waals surface area contributed by atoms with Crippen molar-refractivity contribution in [2.75, 3.05) is 13.2 Å². The van der Waals surface area contributed by atoms with Crippen molar-refractivity contribution in [2.45, 2.75) is 13.3 Å². The second-order valence-electron chi connectivity index (χ2n) is 3.76. The van der Waals surface area contributed by atoms with Crippen molar-refractivity contribution in [3.8, 4) is 5.95 Å². The Kier molecular flexibility index (Phi) is 3.84. The summed E-state index contributed by atoms with van der Waals surface area (Å²) in [5, 5.41) is 0.870. The summed E-state index contributed by atoms with van der Waals surface area (Å²) in [5.74, 6) is 0.133. The molecule has 0 spiro atoms. The van der Waals surface area contributed by atoms with E-state index in [1.165, 1.54) is 0 Å². The van der Waals surface area contributed by atoms with Crippen LogP contribution in [0.1, 0.15) is 12.5 Å². The highest BCUT2D eigenvalue weighted by Crippen LogP contribution is 2.26. The molecule has 0 atom stereocenters. The van der Waals surface area contributed by atoms with E-state index in [2.05, 4.69) is 4.74 Å². The van der Waals surface area contributed by atoms with E-state index in [1.807, 2.05) is 18.2 Å². The third-order valence-corrected chi connectivity index (χ3v) is 2.44. The minimum atomic E-state index is -0.765. The van der Waals surface area contributed by atoms with Crippen LogP contribution in [0.25, 0.3) is 11.0 Å². The first kappa shape index (κ1) is 12.4. The highest BCUT2D eigenvalue weighted by atomic mass is 16.8. The lowest BCUT2D eigenvalue weighted by molar-refractivity contribution is 0.0957. The molecule has 0 amide bonds. The van der Waals surface area contributed by atoms with Crippen LogP contribution < -0.4 is 10.5 Å². The summed E-state index contributed by atoms with van der Waals surface area (Å²) < 4.78 is 15.0. The average Bonchev–Trinajstić information content (AvgIpc) is 2.71. The Bertz CT molecular complexity index is 547. The van der Waals surface area contributed by atoms with E-state index >= 15 is 0 Å². The number of hydrogen-bond donors (Lipinski definition) is 1. The molecule has 0 unspecified atom stereocenters. The second-order valence-corrected chi connectivity index (χ2v) is 3.76. The van der Waals surface area contributed by atoms with Crippen LogP contribution in [0.5, 0.6) is 5.95 Å². The number of fused-ring (bicyclic) bond motifs is 1. The summed E-state index contributed by atoms with van der Waals surface area (Å²) in [6, 6.07) is 7.42. The number of nitrogens with two attached hydrogens (primary N) is 1. The molecular formula is C13H15NO4. The fraction of sp³-hybridized carbons (Fsp3) is 0.308. The molecule has 0 radical (unpaired) electrons. The second kappa shape index (κ2) is 5.55. The van der Waals surface area contributed by atoms with Crippen molar-refractivity contribution in [3.63, 3.8) is 0 Å². The van der Waals surface area contributed by atoms with Crippen LogP contribution >= 0.6 is 0 Å². The van der Waals surface area contributed by atoms with Gasteiger partial charge >= 0.3 is 6.16 Å². The number of carbonyl (C=O) groups excluding carboxylic acids is 1. The smallest absolute Gasteiger partial charge is 0.434 e. The van der Waals surface area contributed by atoms with E-state index in [0.29, 0.717) is 12.1 Å². The highest BCUT2D eigenvalue weighted by molar-refractivity contribution is 5.80. The summed E-state index contributed by atoms with van der Waals surface area (Å²) in [5.41, 5.74) is 7.24. The summed E-state index contributed by atoms with van der Waals surface area (Å²) in [6.45, 7) is 2.55. The van der Waals surface area contributed by atoms with Gasteiger partial charge in [-0.05, 0) is 31.5 Å². The molecule has 5 nitrogen and oxygen atoms in total. The van der Waals surface area contributed by atoms with Crippen LogP contribution in [-0.4, -0.2) is 19.3 Å². The minimum absolute atomic E-state index is 0.133. The number of benzene rings is 1. The molecule has 1 aromatic carbocycles. The van der Waals surface area contributed by atoms with Crippen LogP contribution in [0.3, 0.4) is 0 Å². The Labute approximate surface area is 104 Å². The normalized spacial score (nSPS) is 10.6. The van der Waals surface area contributed by atoms with Crippen LogP contribution in [0.15, 0.2) is 28.7 Å². The largest absolute Gasteiger partial charge is 0.516 e. The Hall–Kier alpha value is -2.01. The monoisotopic (exact) mass is 249 g/mol. The van der Waals surface area contributed by atoms with Crippen LogP contribution in [-0.2, 0) is 11.2 Å².